The third-order valence-electron chi connectivity index (χ3n) is 4.86. The Bertz CT molecular complexity index is 1210. The number of anilines is 1. The predicted octanol–water partition coefficient (Wildman–Crippen LogP) is 2.62. The van der Waals surface area contributed by atoms with Crippen LogP contribution in [-0.4, -0.2) is 46.9 Å². The van der Waals surface area contributed by atoms with Crippen molar-refractivity contribution in [1.29, 1.82) is 0 Å². The second kappa shape index (κ2) is 8.77. The Morgan fingerprint density at radius 1 is 1.26 bits per heavy atom. The van der Waals surface area contributed by atoms with E-state index in [1.54, 1.807) is 31.5 Å². The second-order valence-electron chi connectivity index (χ2n) is 7.17. The zero-order valence-electron chi connectivity index (χ0n) is 17.1. The van der Waals surface area contributed by atoms with E-state index < -0.39 is 10.0 Å². The number of thioether (sulfide) groups is 1. The third kappa shape index (κ3) is 4.78. The van der Waals surface area contributed by atoms with E-state index in [9.17, 15) is 13.2 Å². The molecule has 2 N–H and O–H groups in total. The van der Waals surface area contributed by atoms with Gasteiger partial charge in [0.05, 0.1) is 10.6 Å². The summed E-state index contributed by atoms with van der Waals surface area (Å²) in [5.41, 5.74) is 1.91. The molecule has 1 aliphatic carbocycles. The summed E-state index contributed by atoms with van der Waals surface area (Å²) < 4.78 is 28.7. The quantitative estimate of drug-likeness (QED) is 0.498. The maximum Gasteiger partial charge on any atom is 0.240 e. The Morgan fingerprint density at radius 2 is 2.06 bits per heavy atom. The molecule has 162 valence electrons. The first-order chi connectivity index (χ1) is 14.9. The highest BCUT2D eigenvalue weighted by Crippen LogP contribution is 2.40. The Hall–Kier alpha value is -2.76. The van der Waals surface area contributed by atoms with Gasteiger partial charge in [-0.15, -0.1) is 10.2 Å². The van der Waals surface area contributed by atoms with Gasteiger partial charge >= 0.3 is 0 Å². The largest absolute Gasteiger partial charge is 0.325 e. The molecule has 11 heteroatoms. The van der Waals surface area contributed by atoms with E-state index >= 15 is 0 Å². The number of hydrogen-bond donors (Lipinski definition) is 2. The summed E-state index contributed by atoms with van der Waals surface area (Å²) >= 11 is 1.30. The number of rotatable bonds is 8. The van der Waals surface area contributed by atoms with Gasteiger partial charge in [-0.3, -0.25) is 14.3 Å². The third-order valence-corrected chi connectivity index (χ3v) is 7.36. The van der Waals surface area contributed by atoms with Gasteiger partial charge in [0, 0.05) is 29.7 Å². The van der Waals surface area contributed by atoms with Crippen LogP contribution in [0.1, 0.15) is 24.4 Å². The molecule has 0 atom stereocenters. The van der Waals surface area contributed by atoms with E-state index in [0.717, 1.165) is 24.2 Å². The number of benzene rings is 1. The number of nitrogens with zero attached hydrogens (tertiary/aromatic N) is 4. The lowest BCUT2D eigenvalue weighted by molar-refractivity contribution is -0.113. The van der Waals surface area contributed by atoms with Crippen molar-refractivity contribution < 1.29 is 13.2 Å². The fraction of sp³-hybridized carbons (Fsp3) is 0.300. The molecule has 0 unspecified atom stereocenters. The zero-order chi connectivity index (χ0) is 22.0. The van der Waals surface area contributed by atoms with Crippen LogP contribution >= 0.6 is 11.8 Å². The number of aryl methyl sites for hydroxylation is 1. The first-order valence-corrected chi connectivity index (χ1v) is 12.2. The van der Waals surface area contributed by atoms with Gasteiger partial charge in [-0.05, 0) is 56.6 Å². The lowest BCUT2D eigenvalue weighted by Crippen LogP contribution is -2.20. The molecule has 1 amide bonds. The highest BCUT2D eigenvalue weighted by molar-refractivity contribution is 7.99. The lowest BCUT2D eigenvalue weighted by atomic mass is 10.2. The zero-order valence-corrected chi connectivity index (χ0v) is 18.7. The van der Waals surface area contributed by atoms with Crippen LogP contribution in [0.3, 0.4) is 0 Å². The molecular formula is C20H22N6O3S2. The number of sulfonamides is 1. The van der Waals surface area contributed by atoms with Crippen molar-refractivity contribution in [3.8, 4) is 11.4 Å². The van der Waals surface area contributed by atoms with Gasteiger partial charge in [-0.25, -0.2) is 13.1 Å². The fourth-order valence-electron chi connectivity index (χ4n) is 3.13. The minimum Gasteiger partial charge on any atom is -0.325 e. The van der Waals surface area contributed by atoms with Crippen LogP contribution in [0.25, 0.3) is 11.4 Å². The summed E-state index contributed by atoms with van der Waals surface area (Å²) in [6.45, 7) is 1.70. The van der Waals surface area contributed by atoms with E-state index in [1.807, 2.05) is 12.1 Å². The summed E-state index contributed by atoms with van der Waals surface area (Å²) in [5.74, 6) is 0.619. The highest BCUT2D eigenvalue weighted by atomic mass is 32.2. The molecule has 4 rings (SSSR count). The van der Waals surface area contributed by atoms with Crippen molar-refractivity contribution in [3.63, 3.8) is 0 Å². The van der Waals surface area contributed by atoms with E-state index in [4.69, 9.17) is 0 Å². The number of nitrogens with one attached hydrogen (secondary N) is 2. The number of carbonyl (C=O) groups excluding carboxylic acids is 1. The normalized spacial score (nSPS) is 13.9. The molecule has 0 aliphatic heterocycles. The summed E-state index contributed by atoms with van der Waals surface area (Å²) in [5, 5.41) is 12.0. The highest BCUT2D eigenvalue weighted by Gasteiger charge is 2.30. The van der Waals surface area contributed by atoms with Gasteiger partial charge in [0.1, 0.15) is 0 Å². The average Bonchev–Trinajstić information content (AvgIpc) is 3.52. The Balaban J connectivity index is 1.47. The van der Waals surface area contributed by atoms with Gasteiger partial charge in [-0.2, -0.15) is 0 Å². The molecule has 0 bridgehead atoms. The van der Waals surface area contributed by atoms with Crippen LogP contribution in [0.4, 0.5) is 5.69 Å². The topological polar surface area (TPSA) is 119 Å². The molecule has 0 saturated heterocycles. The number of aromatic nitrogens is 4. The average molecular weight is 459 g/mol. The lowest BCUT2D eigenvalue weighted by Gasteiger charge is -2.11. The van der Waals surface area contributed by atoms with Gasteiger partial charge in [0.2, 0.25) is 15.9 Å². The van der Waals surface area contributed by atoms with Gasteiger partial charge in [0.15, 0.2) is 11.0 Å². The molecule has 2 heterocycles. The molecule has 2 aromatic heterocycles. The molecule has 3 aromatic rings. The number of hydrogen-bond acceptors (Lipinski definition) is 7. The molecular weight excluding hydrogens is 436 g/mol. The fourth-order valence-corrected chi connectivity index (χ4v) is 4.93. The smallest absolute Gasteiger partial charge is 0.240 e. The van der Waals surface area contributed by atoms with Crippen LogP contribution in [0, 0.1) is 6.92 Å². The maximum absolute atomic E-state index is 12.5. The predicted molar refractivity (Wildman–Crippen MR) is 118 cm³/mol. The van der Waals surface area contributed by atoms with Crippen molar-refractivity contribution >= 4 is 33.4 Å². The Kier molecular flexibility index (Phi) is 6.08. The summed E-state index contributed by atoms with van der Waals surface area (Å²) in [4.78, 5) is 16.8. The molecule has 31 heavy (non-hydrogen) atoms. The number of carbonyl (C=O) groups is 1. The van der Waals surface area contributed by atoms with E-state index in [1.165, 1.54) is 24.9 Å². The Labute approximate surface area is 184 Å². The molecule has 0 radical (unpaired) electrons. The summed E-state index contributed by atoms with van der Waals surface area (Å²) in [6, 6.07) is 8.92. The molecule has 9 nitrogen and oxygen atoms in total. The minimum atomic E-state index is -3.61. The van der Waals surface area contributed by atoms with E-state index in [-0.39, 0.29) is 16.6 Å². The van der Waals surface area contributed by atoms with Crippen LogP contribution in [0.15, 0.2) is 52.8 Å². The van der Waals surface area contributed by atoms with Crippen LogP contribution in [0.2, 0.25) is 0 Å². The first kappa shape index (κ1) is 21.5. The van der Waals surface area contributed by atoms with Crippen molar-refractivity contribution in [2.75, 3.05) is 18.1 Å². The number of pyridine rings is 1. The molecule has 1 aliphatic rings. The van der Waals surface area contributed by atoms with Gasteiger partial charge in [-0.1, -0.05) is 17.8 Å². The molecule has 1 fully saturated rings. The van der Waals surface area contributed by atoms with Crippen molar-refractivity contribution in [1.82, 2.24) is 24.5 Å². The SMILES string of the molecule is CNS(=O)(=O)c1cc(NC(=O)CSc2nnc(-c3cccnc3)n2C2CC2)ccc1C. The number of amides is 1. The minimum absolute atomic E-state index is 0.125. The van der Waals surface area contributed by atoms with Crippen LogP contribution in [0.5, 0.6) is 0 Å². The first-order valence-electron chi connectivity index (χ1n) is 9.71. The van der Waals surface area contributed by atoms with Crippen LogP contribution in [-0.2, 0) is 14.8 Å². The summed E-state index contributed by atoms with van der Waals surface area (Å²) in [6.07, 6.45) is 5.56. The van der Waals surface area contributed by atoms with E-state index in [0.29, 0.717) is 22.4 Å². The summed E-state index contributed by atoms with van der Waals surface area (Å²) in [7, 11) is -2.25. The Morgan fingerprint density at radius 3 is 2.74 bits per heavy atom. The molecule has 1 aromatic carbocycles. The maximum atomic E-state index is 12.5. The molecule has 1 saturated carbocycles. The van der Waals surface area contributed by atoms with Crippen molar-refractivity contribution in [2.45, 2.75) is 35.9 Å². The van der Waals surface area contributed by atoms with Gasteiger partial charge in [0.25, 0.3) is 0 Å². The van der Waals surface area contributed by atoms with Crippen molar-refractivity contribution in [2.24, 2.45) is 0 Å². The standard InChI is InChI=1S/C20H22N6O3S2/c1-13-5-6-15(10-17(13)31(28,29)21-2)23-18(27)12-30-20-25-24-19(26(20)16-7-8-16)14-4-3-9-22-11-14/h3-6,9-11,16,21H,7-8,12H2,1-2H3,(H,23,27). The second-order valence-corrected chi connectivity index (χ2v) is 9.97. The van der Waals surface area contributed by atoms with Crippen molar-refractivity contribution in [3.05, 3.63) is 48.3 Å². The monoisotopic (exact) mass is 458 g/mol. The van der Waals surface area contributed by atoms with Gasteiger partial charge < -0.3 is 5.32 Å². The molecule has 0 spiro atoms. The van der Waals surface area contributed by atoms with Crippen LogP contribution < -0.4 is 10.0 Å². The van der Waals surface area contributed by atoms with E-state index in [2.05, 4.69) is 29.8 Å².